The Balaban J connectivity index is 1.61. The van der Waals surface area contributed by atoms with E-state index in [1.54, 1.807) is 17.6 Å². The Kier molecular flexibility index (Phi) is 4.48. The molecule has 5 nitrogen and oxygen atoms in total. The molecular formula is C23H20N2O3S. The molecule has 0 amide bonds. The summed E-state index contributed by atoms with van der Waals surface area (Å²) in [6, 6.07) is 16.3. The Labute approximate surface area is 172 Å². The van der Waals surface area contributed by atoms with E-state index < -0.39 is 0 Å². The van der Waals surface area contributed by atoms with Gasteiger partial charge in [0.05, 0.1) is 24.2 Å². The summed E-state index contributed by atoms with van der Waals surface area (Å²) in [5.41, 5.74) is 5.47. The van der Waals surface area contributed by atoms with Gasteiger partial charge in [-0.3, -0.25) is 0 Å². The molecule has 3 heterocycles. The third kappa shape index (κ3) is 3.59. The number of ether oxygens (including phenoxy) is 2. The number of furan rings is 1. The van der Waals surface area contributed by atoms with Gasteiger partial charge in [0.2, 0.25) is 6.79 Å². The van der Waals surface area contributed by atoms with Gasteiger partial charge in [0, 0.05) is 5.38 Å². The van der Waals surface area contributed by atoms with Gasteiger partial charge in [-0.25, -0.2) is 4.99 Å². The minimum absolute atomic E-state index is 0.273. The maximum absolute atomic E-state index is 5.67. The minimum atomic E-state index is 0.273. The summed E-state index contributed by atoms with van der Waals surface area (Å²) in [4.78, 5) is 5.86. The molecule has 1 aliphatic rings. The van der Waals surface area contributed by atoms with Gasteiger partial charge in [-0.05, 0) is 66.9 Å². The molecule has 0 unspecified atom stereocenters. The quantitative estimate of drug-likeness (QED) is 0.455. The lowest BCUT2D eigenvalue weighted by atomic mass is 10.1. The average molecular weight is 404 g/mol. The van der Waals surface area contributed by atoms with Crippen LogP contribution in [0.3, 0.4) is 0 Å². The highest BCUT2D eigenvalue weighted by molar-refractivity contribution is 7.07. The SMILES string of the molecule is Cc1cc(C)cc(N=c2scc(-c3ccco3)n2Cc2ccc3c(c2)OCO3)c1. The van der Waals surface area contributed by atoms with Crippen LogP contribution in [0.1, 0.15) is 16.7 Å². The Hall–Kier alpha value is -3.25. The summed E-state index contributed by atoms with van der Waals surface area (Å²) in [5.74, 6) is 2.39. The molecule has 0 aliphatic carbocycles. The monoisotopic (exact) mass is 404 g/mol. The Morgan fingerprint density at radius 2 is 1.83 bits per heavy atom. The van der Waals surface area contributed by atoms with Crippen LogP contribution in [0.25, 0.3) is 11.5 Å². The largest absolute Gasteiger partial charge is 0.463 e. The maximum atomic E-state index is 5.67. The van der Waals surface area contributed by atoms with Crippen LogP contribution in [0.4, 0.5) is 5.69 Å². The molecule has 146 valence electrons. The molecule has 1 aliphatic heterocycles. The molecule has 29 heavy (non-hydrogen) atoms. The van der Waals surface area contributed by atoms with E-state index >= 15 is 0 Å². The molecule has 2 aromatic carbocycles. The lowest BCUT2D eigenvalue weighted by Crippen LogP contribution is -2.16. The molecule has 2 aromatic heterocycles. The zero-order valence-corrected chi connectivity index (χ0v) is 17.0. The van der Waals surface area contributed by atoms with E-state index in [-0.39, 0.29) is 6.79 Å². The number of hydrogen-bond acceptors (Lipinski definition) is 5. The number of thiazole rings is 1. The van der Waals surface area contributed by atoms with Crippen molar-refractivity contribution in [2.45, 2.75) is 20.4 Å². The third-order valence-corrected chi connectivity index (χ3v) is 5.64. The summed E-state index contributed by atoms with van der Waals surface area (Å²) < 4.78 is 18.8. The predicted molar refractivity (Wildman–Crippen MR) is 113 cm³/mol. The van der Waals surface area contributed by atoms with Crippen LogP contribution in [-0.2, 0) is 6.54 Å². The molecule has 0 bridgehead atoms. The van der Waals surface area contributed by atoms with Crippen LogP contribution in [0.2, 0.25) is 0 Å². The van der Waals surface area contributed by atoms with Crippen LogP contribution >= 0.6 is 11.3 Å². The fraction of sp³-hybridized carbons (Fsp3) is 0.174. The molecule has 0 fully saturated rings. The molecule has 6 heteroatoms. The lowest BCUT2D eigenvalue weighted by Gasteiger charge is -2.09. The van der Waals surface area contributed by atoms with Crippen molar-refractivity contribution in [2.75, 3.05) is 6.79 Å². The first-order valence-electron chi connectivity index (χ1n) is 9.39. The van der Waals surface area contributed by atoms with E-state index in [4.69, 9.17) is 18.9 Å². The van der Waals surface area contributed by atoms with Crippen molar-refractivity contribution in [3.05, 3.63) is 81.7 Å². The van der Waals surface area contributed by atoms with E-state index in [1.165, 1.54) is 11.1 Å². The summed E-state index contributed by atoms with van der Waals surface area (Å²) in [7, 11) is 0. The summed E-state index contributed by atoms with van der Waals surface area (Å²) in [6.45, 7) is 5.11. The van der Waals surface area contributed by atoms with Gasteiger partial charge in [-0.1, -0.05) is 12.1 Å². The van der Waals surface area contributed by atoms with Gasteiger partial charge in [0.25, 0.3) is 0 Å². The zero-order valence-electron chi connectivity index (χ0n) is 16.2. The summed E-state index contributed by atoms with van der Waals surface area (Å²) in [5, 5.41) is 2.09. The Morgan fingerprint density at radius 1 is 1.00 bits per heavy atom. The van der Waals surface area contributed by atoms with E-state index in [1.807, 2.05) is 24.3 Å². The third-order valence-electron chi connectivity index (χ3n) is 4.78. The average Bonchev–Trinajstić information content (AvgIpc) is 3.42. The van der Waals surface area contributed by atoms with Crippen LogP contribution in [0.15, 0.2) is 69.6 Å². The topological polar surface area (TPSA) is 48.9 Å². The second kappa shape index (κ2) is 7.29. The summed E-state index contributed by atoms with van der Waals surface area (Å²) >= 11 is 1.61. The van der Waals surface area contributed by atoms with Crippen LogP contribution in [-0.4, -0.2) is 11.4 Å². The first-order chi connectivity index (χ1) is 14.2. The molecule has 0 saturated heterocycles. The van der Waals surface area contributed by atoms with Crippen molar-refractivity contribution in [3.63, 3.8) is 0 Å². The predicted octanol–water partition coefficient (Wildman–Crippen LogP) is 5.44. The molecule has 0 N–H and O–H groups in total. The van der Waals surface area contributed by atoms with Crippen molar-refractivity contribution >= 4 is 17.0 Å². The fourth-order valence-electron chi connectivity index (χ4n) is 3.54. The van der Waals surface area contributed by atoms with Crippen molar-refractivity contribution < 1.29 is 13.9 Å². The first-order valence-corrected chi connectivity index (χ1v) is 10.3. The number of aryl methyl sites for hydroxylation is 2. The highest BCUT2D eigenvalue weighted by Gasteiger charge is 2.16. The van der Waals surface area contributed by atoms with Crippen LogP contribution in [0, 0.1) is 13.8 Å². The molecule has 4 aromatic rings. The van der Waals surface area contributed by atoms with Gasteiger partial charge in [-0.2, -0.15) is 0 Å². The van der Waals surface area contributed by atoms with Crippen molar-refractivity contribution in [3.8, 4) is 23.0 Å². The molecule has 5 rings (SSSR count). The van der Waals surface area contributed by atoms with Crippen LogP contribution in [0.5, 0.6) is 11.5 Å². The van der Waals surface area contributed by atoms with E-state index in [2.05, 4.69) is 48.1 Å². The smallest absolute Gasteiger partial charge is 0.231 e. The van der Waals surface area contributed by atoms with Crippen molar-refractivity contribution in [1.82, 2.24) is 4.57 Å². The van der Waals surface area contributed by atoms with Gasteiger partial charge in [0.15, 0.2) is 22.1 Å². The second-order valence-electron chi connectivity index (χ2n) is 7.11. The Morgan fingerprint density at radius 3 is 2.62 bits per heavy atom. The van der Waals surface area contributed by atoms with Crippen molar-refractivity contribution in [1.29, 1.82) is 0 Å². The number of rotatable bonds is 4. The lowest BCUT2D eigenvalue weighted by molar-refractivity contribution is 0.174. The number of fused-ring (bicyclic) bond motifs is 1. The first kappa shape index (κ1) is 17.8. The van der Waals surface area contributed by atoms with E-state index in [0.717, 1.165) is 39.0 Å². The molecule has 0 radical (unpaired) electrons. The highest BCUT2D eigenvalue weighted by Crippen LogP contribution is 2.33. The second-order valence-corrected chi connectivity index (χ2v) is 7.95. The highest BCUT2D eigenvalue weighted by atomic mass is 32.1. The van der Waals surface area contributed by atoms with E-state index in [0.29, 0.717) is 6.54 Å². The van der Waals surface area contributed by atoms with Gasteiger partial charge in [-0.15, -0.1) is 11.3 Å². The number of benzene rings is 2. The number of hydrogen-bond donors (Lipinski definition) is 0. The maximum Gasteiger partial charge on any atom is 0.231 e. The minimum Gasteiger partial charge on any atom is -0.463 e. The zero-order chi connectivity index (χ0) is 19.8. The summed E-state index contributed by atoms with van der Waals surface area (Å²) in [6.07, 6.45) is 1.69. The normalized spacial score (nSPS) is 13.2. The van der Waals surface area contributed by atoms with Crippen LogP contribution < -0.4 is 14.3 Å². The van der Waals surface area contributed by atoms with Gasteiger partial charge in [0.1, 0.15) is 0 Å². The fourth-order valence-corrected chi connectivity index (χ4v) is 4.45. The number of nitrogens with zero attached hydrogens (tertiary/aromatic N) is 2. The molecule has 0 atom stereocenters. The molecule has 0 spiro atoms. The van der Waals surface area contributed by atoms with Gasteiger partial charge < -0.3 is 18.5 Å². The van der Waals surface area contributed by atoms with Gasteiger partial charge >= 0.3 is 0 Å². The van der Waals surface area contributed by atoms with Crippen molar-refractivity contribution in [2.24, 2.45) is 4.99 Å². The van der Waals surface area contributed by atoms with E-state index in [9.17, 15) is 0 Å². The Bertz CT molecular complexity index is 1220. The number of aromatic nitrogens is 1. The molecule has 0 saturated carbocycles. The molecular weight excluding hydrogens is 384 g/mol. The standard InChI is InChI=1S/C23H20N2O3S/c1-15-8-16(2)10-18(9-15)24-23-25(19(13-29-23)20-4-3-7-26-20)12-17-5-6-21-22(11-17)28-14-27-21/h3-11,13H,12,14H2,1-2H3.